The number of hydrogen-bond acceptors (Lipinski definition) is 4. The van der Waals surface area contributed by atoms with E-state index in [9.17, 15) is 9.59 Å². The normalized spacial score (nSPS) is 16.5. The summed E-state index contributed by atoms with van der Waals surface area (Å²) in [6, 6.07) is 11.3. The van der Waals surface area contributed by atoms with Crippen LogP contribution in [0.5, 0.6) is 0 Å². The van der Waals surface area contributed by atoms with E-state index in [1.807, 2.05) is 43.0 Å². The molecule has 1 aliphatic rings. The number of hydrogen-bond donors (Lipinski definition) is 3. The zero-order valence-corrected chi connectivity index (χ0v) is 18.4. The minimum Gasteiger partial charge on any atom is -0.467 e. The van der Waals surface area contributed by atoms with Gasteiger partial charge in [-0.25, -0.2) is 0 Å². The van der Waals surface area contributed by atoms with E-state index in [2.05, 4.69) is 20.9 Å². The summed E-state index contributed by atoms with van der Waals surface area (Å²) in [5, 5.41) is 9.53. The van der Waals surface area contributed by atoms with Crippen LogP contribution in [0.1, 0.15) is 41.9 Å². The van der Waals surface area contributed by atoms with Gasteiger partial charge < -0.3 is 25.3 Å². The Morgan fingerprint density at radius 1 is 1.19 bits per heavy atom. The van der Waals surface area contributed by atoms with Gasteiger partial charge in [0.2, 0.25) is 5.91 Å². The highest BCUT2D eigenvalue weighted by Crippen LogP contribution is 2.13. The summed E-state index contributed by atoms with van der Waals surface area (Å²) in [5.74, 6) is 1.44. The van der Waals surface area contributed by atoms with Crippen LogP contribution in [0.15, 0.2) is 52.1 Å². The molecule has 1 unspecified atom stereocenters. The molecule has 8 heteroatoms. The lowest BCUT2D eigenvalue weighted by molar-refractivity contribution is -0.133. The van der Waals surface area contributed by atoms with E-state index in [1.165, 1.54) is 0 Å². The van der Waals surface area contributed by atoms with E-state index in [1.54, 1.807) is 25.4 Å². The first-order valence-corrected chi connectivity index (χ1v) is 10.6. The summed E-state index contributed by atoms with van der Waals surface area (Å²) in [6.45, 7) is 6.18. The average Bonchev–Trinajstić information content (AvgIpc) is 3.46. The van der Waals surface area contributed by atoms with Crippen molar-refractivity contribution in [1.29, 1.82) is 0 Å². The highest BCUT2D eigenvalue weighted by Gasteiger charge is 2.27. The van der Waals surface area contributed by atoms with E-state index in [-0.39, 0.29) is 23.8 Å². The molecule has 0 saturated carbocycles. The van der Waals surface area contributed by atoms with Gasteiger partial charge in [0, 0.05) is 44.2 Å². The maximum absolute atomic E-state index is 12.4. The molecule has 2 heterocycles. The van der Waals surface area contributed by atoms with Crippen molar-refractivity contribution in [2.75, 3.05) is 20.1 Å². The molecule has 0 aliphatic carbocycles. The molecule has 0 radical (unpaired) electrons. The molecular weight excluding hydrogens is 394 g/mol. The number of rotatable bonds is 7. The Morgan fingerprint density at radius 2 is 2.03 bits per heavy atom. The summed E-state index contributed by atoms with van der Waals surface area (Å²) in [4.78, 5) is 30.8. The molecule has 2 amide bonds. The number of nitrogens with zero attached hydrogens (tertiary/aromatic N) is 2. The Hall–Kier alpha value is -3.29. The van der Waals surface area contributed by atoms with Crippen LogP contribution >= 0.6 is 0 Å². The third-order valence-corrected chi connectivity index (χ3v) is 5.21. The van der Waals surface area contributed by atoms with E-state index in [0.29, 0.717) is 36.9 Å². The van der Waals surface area contributed by atoms with Crippen LogP contribution < -0.4 is 16.0 Å². The van der Waals surface area contributed by atoms with Crippen molar-refractivity contribution in [3.63, 3.8) is 0 Å². The van der Waals surface area contributed by atoms with Crippen LogP contribution in [-0.4, -0.2) is 48.9 Å². The Kier molecular flexibility index (Phi) is 7.70. The number of guanidine groups is 1. The second-order valence-corrected chi connectivity index (χ2v) is 7.96. The van der Waals surface area contributed by atoms with Crippen molar-refractivity contribution in [2.24, 2.45) is 10.9 Å². The number of carbonyl (C=O) groups excluding carboxylic acids is 2. The van der Waals surface area contributed by atoms with E-state index in [0.717, 1.165) is 18.5 Å². The third-order valence-electron chi connectivity index (χ3n) is 5.21. The van der Waals surface area contributed by atoms with E-state index >= 15 is 0 Å². The van der Waals surface area contributed by atoms with Crippen molar-refractivity contribution in [1.82, 2.24) is 20.9 Å². The van der Waals surface area contributed by atoms with Gasteiger partial charge in [0.1, 0.15) is 5.76 Å². The summed E-state index contributed by atoms with van der Waals surface area (Å²) < 4.78 is 5.24. The number of nitrogens with one attached hydrogen (secondary N) is 3. The molecular formula is C23H31N5O3. The number of aliphatic imine (C=N–C) groups is 1. The summed E-state index contributed by atoms with van der Waals surface area (Å²) >= 11 is 0. The average molecular weight is 426 g/mol. The zero-order chi connectivity index (χ0) is 22.2. The van der Waals surface area contributed by atoms with Crippen LogP contribution in [-0.2, 0) is 17.9 Å². The smallest absolute Gasteiger partial charge is 0.251 e. The predicted octanol–water partition coefficient (Wildman–Crippen LogP) is 2.13. The Labute approximate surface area is 183 Å². The fourth-order valence-electron chi connectivity index (χ4n) is 3.52. The first-order valence-electron chi connectivity index (χ1n) is 10.6. The van der Waals surface area contributed by atoms with Crippen LogP contribution in [0, 0.1) is 5.92 Å². The second-order valence-electron chi connectivity index (χ2n) is 7.96. The van der Waals surface area contributed by atoms with Crippen molar-refractivity contribution < 1.29 is 14.0 Å². The van der Waals surface area contributed by atoms with Crippen molar-refractivity contribution in [2.45, 2.75) is 39.4 Å². The van der Waals surface area contributed by atoms with Crippen LogP contribution in [0.4, 0.5) is 0 Å². The monoisotopic (exact) mass is 425 g/mol. The molecule has 3 N–H and O–H groups in total. The molecule has 31 heavy (non-hydrogen) atoms. The van der Waals surface area contributed by atoms with Gasteiger partial charge in [-0.1, -0.05) is 26.0 Å². The highest BCUT2D eigenvalue weighted by atomic mass is 16.3. The molecule has 8 nitrogen and oxygen atoms in total. The molecule has 1 fully saturated rings. The lowest BCUT2D eigenvalue weighted by atomic mass is 10.1. The van der Waals surface area contributed by atoms with Crippen molar-refractivity contribution in [3.8, 4) is 0 Å². The second kappa shape index (κ2) is 10.7. The summed E-state index contributed by atoms with van der Waals surface area (Å²) in [5.41, 5.74) is 1.56. The summed E-state index contributed by atoms with van der Waals surface area (Å²) in [6.07, 6.45) is 2.48. The quantitative estimate of drug-likeness (QED) is 0.466. The van der Waals surface area contributed by atoms with Gasteiger partial charge in [-0.3, -0.25) is 14.6 Å². The molecule has 1 aromatic heterocycles. The van der Waals surface area contributed by atoms with Gasteiger partial charge in [0.25, 0.3) is 5.91 Å². The SMILES string of the molecule is CN=C(NCc1cccc(C(=O)NCc2ccco2)c1)NC1CCN(C(=O)C(C)C)C1. The number of likely N-dealkylation sites (tertiary alicyclic amines) is 1. The Balaban J connectivity index is 1.49. The van der Waals surface area contributed by atoms with Gasteiger partial charge in [-0.2, -0.15) is 0 Å². The maximum Gasteiger partial charge on any atom is 0.251 e. The van der Waals surface area contributed by atoms with E-state index in [4.69, 9.17) is 4.42 Å². The predicted molar refractivity (Wildman–Crippen MR) is 119 cm³/mol. The fourth-order valence-corrected chi connectivity index (χ4v) is 3.52. The maximum atomic E-state index is 12.4. The molecule has 0 spiro atoms. The fraction of sp³-hybridized carbons (Fsp3) is 0.435. The number of amides is 2. The largest absolute Gasteiger partial charge is 0.467 e. The van der Waals surface area contributed by atoms with Crippen LogP contribution in [0.3, 0.4) is 0 Å². The topological polar surface area (TPSA) is 99.0 Å². The zero-order valence-electron chi connectivity index (χ0n) is 18.4. The minimum atomic E-state index is -0.151. The lowest BCUT2D eigenvalue weighted by Gasteiger charge is -2.20. The number of furan rings is 1. The van der Waals surface area contributed by atoms with Gasteiger partial charge in [-0.05, 0) is 36.2 Å². The summed E-state index contributed by atoms with van der Waals surface area (Å²) in [7, 11) is 1.72. The van der Waals surface area contributed by atoms with Gasteiger partial charge in [0.05, 0.1) is 12.8 Å². The number of carbonyl (C=O) groups is 2. The Bertz CT molecular complexity index is 908. The minimum absolute atomic E-state index is 0.0137. The van der Waals surface area contributed by atoms with Crippen molar-refractivity contribution in [3.05, 3.63) is 59.5 Å². The van der Waals surface area contributed by atoms with Gasteiger partial charge >= 0.3 is 0 Å². The highest BCUT2D eigenvalue weighted by molar-refractivity contribution is 5.94. The number of benzene rings is 1. The van der Waals surface area contributed by atoms with Crippen LogP contribution in [0.25, 0.3) is 0 Å². The first kappa shape index (κ1) is 22.4. The van der Waals surface area contributed by atoms with E-state index < -0.39 is 0 Å². The third kappa shape index (κ3) is 6.34. The molecule has 166 valence electrons. The molecule has 3 rings (SSSR count). The van der Waals surface area contributed by atoms with Gasteiger partial charge in [0.15, 0.2) is 5.96 Å². The lowest BCUT2D eigenvalue weighted by Crippen LogP contribution is -2.45. The van der Waals surface area contributed by atoms with Crippen molar-refractivity contribution >= 4 is 17.8 Å². The molecule has 1 aliphatic heterocycles. The first-order chi connectivity index (χ1) is 15.0. The molecule has 1 aromatic carbocycles. The molecule has 1 atom stereocenters. The molecule has 0 bridgehead atoms. The standard InChI is InChI=1S/C23H31N5O3/c1-16(2)22(30)28-10-9-19(15-28)27-23(24-3)26-13-17-6-4-7-18(12-17)21(29)25-14-20-8-5-11-31-20/h4-8,11-12,16,19H,9-10,13-15H2,1-3H3,(H,25,29)(H2,24,26,27). The van der Waals surface area contributed by atoms with Gasteiger partial charge in [-0.15, -0.1) is 0 Å². The molecule has 2 aromatic rings. The molecule has 1 saturated heterocycles. The Morgan fingerprint density at radius 3 is 2.74 bits per heavy atom. The van der Waals surface area contributed by atoms with Crippen LogP contribution in [0.2, 0.25) is 0 Å².